The molecule has 1 atom stereocenters. The van der Waals surface area contributed by atoms with E-state index in [0.717, 1.165) is 12.8 Å². The highest BCUT2D eigenvalue weighted by Gasteiger charge is 2.26. The number of carboxylic acid groups (broad SMARTS) is 1. The maximum Gasteiger partial charge on any atom is 0.321 e. The first-order chi connectivity index (χ1) is 9.93. The molecule has 1 unspecified atom stereocenters. The summed E-state index contributed by atoms with van der Waals surface area (Å²) in [6.45, 7) is 4.61. The summed E-state index contributed by atoms with van der Waals surface area (Å²) < 4.78 is 0. The molecule has 1 saturated carbocycles. The Morgan fingerprint density at radius 3 is 2.33 bits per heavy atom. The SMILES string of the molecule is CCNC(=O)NC(=O)C(C)NCC1CCC(C(=O)O)CC1. The summed E-state index contributed by atoms with van der Waals surface area (Å²) in [5.74, 6) is -0.906. The molecule has 7 nitrogen and oxygen atoms in total. The first kappa shape index (κ1) is 17.4. The van der Waals surface area contributed by atoms with E-state index in [1.165, 1.54) is 0 Å². The zero-order valence-electron chi connectivity index (χ0n) is 12.6. The van der Waals surface area contributed by atoms with Gasteiger partial charge in [-0.3, -0.25) is 14.9 Å². The molecule has 1 aliphatic carbocycles. The van der Waals surface area contributed by atoms with Gasteiger partial charge in [0.25, 0.3) is 0 Å². The van der Waals surface area contributed by atoms with Gasteiger partial charge in [-0.2, -0.15) is 0 Å². The van der Waals surface area contributed by atoms with Gasteiger partial charge in [-0.15, -0.1) is 0 Å². The Kier molecular flexibility index (Phi) is 7.14. The Hall–Kier alpha value is -1.63. The molecule has 3 amide bonds. The molecule has 21 heavy (non-hydrogen) atoms. The minimum absolute atomic E-state index is 0.222. The normalized spacial score (nSPS) is 23.1. The zero-order valence-corrected chi connectivity index (χ0v) is 12.6. The summed E-state index contributed by atoms with van der Waals surface area (Å²) in [5.41, 5.74) is 0. The number of urea groups is 1. The number of carbonyl (C=O) groups is 3. The summed E-state index contributed by atoms with van der Waals surface area (Å²) in [6.07, 6.45) is 3.10. The first-order valence-electron chi connectivity index (χ1n) is 7.48. The third-order valence-electron chi connectivity index (χ3n) is 3.88. The number of rotatable bonds is 6. The molecule has 7 heteroatoms. The lowest BCUT2D eigenvalue weighted by molar-refractivity contribution is -0.143. The Balaban J connectivity index is 2.24. The van der Waals surface area contributed by atoms with Crippen LogP contribution in [0.3, 0.4) is 0 Å². The third kappa shape index (κ3) is 6.12. The van der Waals surface area contributed by atoms with Crippen LogP contribution in [0.5, 0.6) is 0 Å². The van der Waals surface area contributed by atoms with Crippen molar-refractivity contribution in [2.24, 2.45) is 11.8 Å². The van der Waals surface area contributed by atoms with Gasteiger partial charge < -0.3 is 15.7 Å². The number of nitrogens with one attached hydrogen (secondary N) is 3. The second-order valence-corrected chi connectivity index (χ2v) is 5.53. The maximum atomic E-state index is 11.7. The van der Waals surface area contributed by atoms with Gasteiger partial charge in [-0.25, -0.2) is 4.79 Å². The average molecular weight is 299 g/mol. The third-order valence-corrected chi connectivity index (χ3v) is 3.88. The van der Waals surface area contributed by atoms with Crippen molar-refractivity contribution in [3.63, 3.8) is 0 Å². The van der Waals surface area contributed by atoms with Crippen molar-refractivity contribution in [1.29, 1.82) is 0 Å². The Labute approximate surface area is 124 Å². The van der Waals surface area contributed by atoms with Gasteiger partial charge >= 0.3 is 12.0 Å². The van der Waals surface area contributed by atoms with Crippen molar-refractivity contribution < 1.29 is 19.5 Å². The first-order valence-corrected chi connectivity index (χ1v) is 7.48. The standard InChI is InChI=1S/C14H25N3O4/c1-3-15-14(21)17-12(18)9(2)16-8-10-4-6-11(7-5-10)13(19)20/h9-11,16H,3-8H2,1-2H3,(H,19,20)(H2,15,17,18,21). The van der Waals surface area contributed by atoms with Gasteiger partial charge in [0.2, 0.25) is 5.91 Å². The highest BCUT2D eigenvalue weighted by Crippen LogP contribution is 2.28. The van der Waals surface area contributed by atoms with Crippen LogP contribution < -0.4 is 16.0 Å². The molecule has 0 saturated heterocycles. The van der Waals surface area contributed by atoms with Crippen LogP contribution in [0.25, 0.3) is 0 Å². The lowest BCUT2D eigenvalue weighted by atomic mass is 9.82. The number of carboxylic acids is 1. The van der Waals surface area contributed by atoms with Gasteiger partial charge in [-0.1, -0.05) is 0 Å². The molecule has 0 aliphatic heterocycles. The fourth-order valence-corrected chi connectivity index (χ4v) is 2.47. The lowest BCUT2D eigenvalue weighted by Crippen LogP contribution is -2.49. The second kappa shape index (κ2) is 8.61. The summed E-state index contributed by atoms with van der Waals surface area (Å²) in [7, 11) is 0. The summed E-state index contributed by atoms with van der Waals surface area (Å²) in [5, 5.41) is 16.8. The lowest BCUT2D eigenvalue weighted by Gasteiger charge is -2.27. The number of aliphatic carboxylic acids is 1. The molecule has 4 N–H and O–H groups in total. The maximum absolute atomic E-state index is 11.7. The van der Waals surface area contributed by atoms with Crippen molar-refractivity contribution in [3.05, 3.63) is 0 Å². The van der Waals surface area contributed by atoms with E-state index in [1.807, 2.05) is 0 Å². The number of hydrogen-bond acceptors (Lipinski definition) is 4. The van der Waals surface area contributed by atoms with Gasteiger partial charge in [0.05, 0.1) is 12.0 Å². The molecule has 0 aromatic carbocycles. The molecule has 0 aromatic heterocycles. The summed E-state index contributed by atoms with van der Waals surface area (Å²) in [6, 6.07) is -0.942. The monoisotopic (exact) mass is 299 g/mol. The van der Waals surface area contributed by atoms with Crippen molar-refractivity contribution in [3.8, 4) is 0 Å². The fraction of sp³-hybridized carbons (Fsp3) is 0.786. The summed E-state index contributed by atoms with van der Waals surface area (Å²) >= 11 is 0. The van der Waals surface area contributed by atoms with E-state index >= 15 is 0 Å². The Bertz CT molecular complexity index is 378. The minimum atomic E-state index is -0.712. The van der Waals surface area contributed by atoms with Crippen molar-refractivity contribution in [2.45, 2.75) is 45.6 Å². The predicted molar refractivity (Wildman–Crippen MR) is 77.8 cm³/mol. The van der Waals surface area contributed by atoms with E-state index in [2.05, 4.69) is 16.0 Å². The van der Waals surface area contributed by atoms with E-state index in [9.17, 15) is 14.4 Å². The van der Waals surface area contributed by atoms with E-state index in [4.69, 9.17) is 5.11 Å². The molecule has 0 radical (unpaired) electrons. The van der Waals surface area contributed by atoms with Crippen molar-refractivity contribution >= 4 is 17.9 Å². The molecule has 0 aromatic rings. The predicted octanol–water partition coefficient (Wildman–Crippen LogP) is 0.701. The molecule has 1 aliphatic rings. The highest BCUT2D eigenvalue weighted by atomic mass is 16.4. The van der Waals surface area contributed by atoms with Crippen LogP contribution in [0.2, 0.25) is 0 Å². The van der Waals surface area contributed by atoms with Crippen LogP contribution in [0.4, 0.5) is 4.79 Å². The van der Waals surface area contributed by atoms with Crippen LogP contribution in [-0.4, -0.2) is 42.1 Å². The van der Waals surface area contributed by atoms with Gasteiger partial charge in [-0.05, 0) is 52.0 Å². The molecule has 120 valence electrons. The van der Waals surface area contributed by atoms with E-state index < -0.39 is 18.0 Å². The van der Waals surface area contributed by atoms with Crippen LogP contribution in [0, 0.1) is 11.8 Å². The van der Waals surface area contributed by atoms with Crippen LogP contribution in [0.15, 0.2) is 0 Å². The smallest absolute Gasteiger partial charge is 0.321 e. The van der Waals surface area contributed by atoms with Gasteiger partial charge in [0.15, 0.2) is 0 Å². The Morgan fingerprint density at radius 1 is 1.19 bits per heavy atom. The molecule has 0 spiro atoms. The number of carbonyl (C=O) groups excluding carboxylic acids is 2. The molecular formula is C14H25N3O4. The topological polar surface area (TPSA) is 108 Å². The van der Waals surface area contributed by atoms with Gasteiger partial charge in [0, 0.05) is 6.54 Å². The molecule has 1 fully saturated rings. The second-order valence-electron chi connectivity index (χ2n) is 5.53. The largest absolute Gasteiger partial charge is 0.481 e. The van der Waals surface area contributed by atoms with E-state index in [-0.39, 0.29) is 11.8 Å². The average Bonchev–Trinajstić information content (AvgIpc) is 2.45. The van der Waals surface area contributed by atoms with E-state index in [1.54, 1.807) is 13.8 Å². The van der Waals surface area contributed by atoms with Gasteiger partial charge in [0.1, 0.15) is 0 Å². The molecule has 1 rings (SSSR count). The quantitative estimate of drug-likeness (QED) is 0.577. The molecule has 0 heterocycles. The Morgan fingerprint density at radius 2 is 1.81 bits per heavy atom. The minimum Gasteiger partial charge on any atom is -0.481 e. The highest BCUT2D eigenvalue weighted by molar-refractivity contribution is 5.96. The fourth-order valence-electron chi connectivity index (χ4n) is 2.47. The molecular weight excluding hydrogens is 274 g/mol. The number of hydrogen-bond donors (Lipinski definition) is 4. The zero-order chi connectivity index (χ0) is 15.8. The molecule has 0 bridgehead atoms. The van der Waals surface area contributed by atoms with Crippen LogP contribution in [0.1, 0.15) is 39.5 Å². The van der Waals surface area contributed by atoms with Crippen LogP contribution >= 0.6 is 0 Å². The summed E-state index contributed by atoms with van der Waals surface area (Å²) in [4.78, 5) is 33.8. The van der Waals surface area contributed by atoms with Crippen molar-refractivity contribution in [2.75, 3.05) is 13.1 Å². The number of imide groups is 1. The van der Waals surface area contributed by atoms with E-state index in [0.29, 0.717) is 31.8 Å². The van der Waals surface area contributed by atoms with Crippen molar-refractivity contribution in [1.82, 2.24) is 16.0 Å². The number of amides is 3. The van der Waals surface area contributed by atoms with Crippen LogP contribution in [-0.2, 0) is 9.59 Å².